The van der Waals surface area contributed by atoms with Gasteiger partial charge in [-0.1, -0.05) is 48.2 Å². The maximum atomic E-state index is 12.7. The van der Waals surface area contributed by atoms with E-state index in [9.17, 15) is 9.59 Å². The van der Waals surface area contributed by atoms with Crippen molar-refractivity contribution in [1.29, 1.82) is 0 Å². The van der Waals surface area contributed by atoms with Gasteiger partial charge in [-0.2, -0.15) is 0 Å². The third kappa shape index (κ3) is 4.99. The molecule has 1 aliphatic heterocycles. The van der Waals surface area contributed by atoms with Crippen LogP contribution in [0.3, 0.4) is 0 Å². The first-order chi connectivity index (χ1) is 13.5. The Morgan fingerprint density at radius 2 is 2.00 bits per heavy atom. The zero-order chi connectivity index (χ0) is 20.1. The number of amides is 2. The number of nitrogens with one attached hydrogen (secondary N) is 1. The first-order valence-electron chi connectivity index (χ1n) is 8.81. The van der Waals surface area contributed by atoms with Crippen LogP contribution >= 0.6 is 24.0 Å². The highest BCUT2D eigenvalue weighted by Gasteiger charge is 2.33. The molecule has 0 spiro atoms. The van der Waals surface area contributed by atoms with Crippen molar-refractivity contribution in [3.8, 4) is 5.75 Å². The number of carbonyl (C=O) groups is 2. The second-order valence-corrected chi connectivity index (χ2v) is 7.86. The fraction of sp³-hybridized carbons (Fsp3) is 0.190. The highest BCUT2D eigenvalue weighted by atomic mass is 32.2. The molecule has 3 rings (SSSR count). The number of hydrogen-bond donors (Lipinski definition) is 1. The van der Waals surface area contributed by atoms with Gasteiger partial charge in [0.2, 0.25) is 5.91 Å². The zero-order valence-electron chi connectivity index (χ0n) is 15.6. The monoisotopic (exact) mass is 412 g/mol. The molecule has 0 saturated carbocycles. The van der Waals surface area contributed by atoms with Crippen molar-refractivity contribution in [2.75, 3.05) is 18.5 Å². The van der Waals surface area contributed by atoms with Crippen LogP contribution in [0.15, 0.2) is 53.4 Å². The van der Waals surface area contributed by atoms with Crippen molar-refractivity contribution in [3.05, 3.63) is 64.6 Å². The van der Waals surface area contributed by atoms with Crippen molar-refractivity contribution in [1.82, 2.24) is 4.90 Å². The third-order valence-electron chi connectivity index (χ3n) is 3.97. The van der Waals surface area contributed by atoms with Gasteiger partial charge in [0.15, 0.2) is 0 Å². The van der Waals surface area contributed by atoms with Gasteiger partial charge in [-0.25, -0.2) is 0 Å². The predicted octanol–water partition coefficient (Wildman–Crippen LogP) is 4.23. The molecule has 2 aromatic carbocycles. The van der Waals surface area contributed by atoms with E-state index in [0.29, 0.717) is 21.5 Å². The number of ether oxygens (including phenoxy) is 1. The smallest absolute Gasteiger partial charge is 0.266 e. The van der Waals surface area contributed by atoms with E-state index < -0.39 is 0 Å². The molecule has 0 atom stereocenters. The molecule has 5 nitrogen and oxygen atoms in total. The lowest BCUT2D eigenvalue weighted by Crippen LogP contribution is -2.36. The Hall–Kier alpha value is -2.64. The number of anilines is 1. The number of thioether (sulfide) groups is 1. The summed E-state index contributed by atoms with van der Waals surface area (Å²) in [5, 5.41) is 2.80. The van der Waals surface area contributed by atoms with Gasteiger partial charge in [0.25, 0.3) is 5.91 Å². The van der Waals surface area contributed by atoms with Crippen LogP contribution in [0.25, 0.3) is 6.08 Å². The van der Waals surface area contributed by atoms with Crippen molar-refractivity contribution in [2.24, 2.45) is 0 Å². The molecule has 0 aromatic heterocycles. The fourth-order valence-corrected chi connectivity index (χ4v) is 3.94. The Labute approximate surface area is 173 Å². The molecule has 0 bridgehead atoms. The van der Waals surface area contributed by atoms with Gasteiger partial charge < -0.3 is 10.1 Å². The van der Waals surface area contributed by atoms with Crippen LogP contribution < -0.4 is 10.1 Å². The van der Waals surface area contributed by atoms with Crippen LogP contribution in [-0.2, 0) is 9.59 Å². The van der Waals surface area contributed by atoms with E-state index in [2.05, 4.69) is 5.32 Å². The molecule has 1 saturated heterocycles. The van der Waals surface area contributed by atoms with Gasteiger partial charge in [0, 0.05) is 5.69 Å². The van der Waals surface area contributed by atoms with Crippen LogP contribution in [0.4, 0.5) is 5.69 Å². The summed E-state index contributed by atoms with van der Waals surface area (Å²) in [4.78, 5) is 26.8. The summed E-state index contributed by atoms with van der Waals surface area (Å²) >= 11 is 6.50. The number of rotatable bonds is 6. The van der Waals surface area contributed by atoms with Crippen LogP contribution in [0.1, 0.15) is 18.1 Å². The molecule has 0 aliphatic carbocycles. The van der Waals surface area contributed by atoms with E-state index in [1.165, 1.54) is 16.7 Å². The summed E-state index contributed by atoms with van der Waals surface area (Å²) in [5.74, 6) is 0.229. The molecule has 7 heteroatoms. The summed E-state index contributed by atoms with van der Waals surface area (Å²) in [6.07, 6.45) is 1.77. The largest absolute Gasteiger partial charge is 0.494 e. The van der Waals surface area contributed by atoms with E-state index >= 15 is 0 Å². The molecule has 2 amide bonds. The predicted molar refractivity (Wildman–Crippen MR) is 117 cm³/mol. The molecule has 0 unspecified atom stereocenters. The second kappa shape index (κ2) is 9.03. The number of benzene rings is 2. The minimum Gasteiger partial charge on any atom is -0.494 e. The summed E-state index contributed by atoms with van der Waals surface area (Å²) in [7, 11) is 0. The normalized spacial score (nSPS) is 15.2. The molecule has 0 radical (unpaired) electrons. The molecule has 1 N–H and O–H groups in total. The van der Waals surface area contributed by atoms with E-state index in [0.717, 1.165) is 16.9 Å². The Balaban J connectivity index is 1.66. The van der Waals surface area contributed by atoms with Gasteiger partial charge >= 0.3 is 0 Å². The van der Waals surface area contributed by atoms with Crippen LogP contribution in [0.2, 0.25) is 0 Å². The van der Waals surface area contributed by atoms with Gasteiger partial charge in [-0.3, -0.25) is 14.5 Å². The molecule has 1 heterocycles. The number of hydrogen-bond acceptors (Lipinski definition) is 5. The third-order valence-corrected chi connectivity index (χ3v) is 5.34. The molecule has 1 fully saturated rings. The lowest BCUT2D eigenvalue weighted by Gasteiger charge is -2.14. The molecular weight excluding hydrogens is 392 g/mol. The van der Waals surface area contributed by atoms with Crippen LogP contribution in [0.5, 0.6) is 5.75 Å². The van der Waals surface area contributed by atoms with Gasteiger partial charge in [0.1, 0.15) is 16.6 Å². The lowest BCUT2D eigenvalue weighted by molar-refractivity contribution is -0.126. The first kappa shape index (κ1) is 20.1. The van der Waals surface area contributed by atoms with Crippen LogP contribution in [0, 0.1) is 6.92 Å². The van der Waals surface area contributed by atoms with E-state index in [1.807, 2.05) is 56.3 Å². The number of aryl methyl sites for hydroxylation is 1. The van der Waals surface area contributed by atoms with Crippen molar-refractivity contribution < 1.29 is 14.3 Å². The Morgan fingerprint density at radius 3 is 2.68 bits per heavy atom. The fourth-order valence-electron chi connectivity index (χ4n) is 2.68. The maximum Gasteiger partial charge on any atom is 0.266 e. The molecule has 28 heavy (non-hydrogen) atoms. The van der Waals surface area contributed by atoms with Crippen molar-refractivity contribution >= 4 is 51.9 Å². The second-order valence-electron chi connectivity index (χ2n) is 6.19. The highest BCUT2D eigenvalue weighted by Crippen LogP contribution is 2.32. The molecule has 2 aromatic rings. The minimum atomic E-state index is -0.288. The quantitative estimate of drug-likeness (QED) is 0.568. The first-order valence-corrected chi connectivity index (χ1v) is 10.0. The Kier molecular flexibility index (Phi) is 6.49. The summed E-state index contributed by atoms with van der Waals surface area (Å²) in [6, 6.07) is 14.9. The van der Waals surface area contributed by atoms with E-state index in [1.54, 1.807) is 12.1 Å². The lowest BCUT2D eigenvalue weighted by atomic mass is 10.2. The summed E-state index contributed by atoms with van der Waals surface area (Å²) in [6.45, 7) is 4.36. The average Bonchev–Trinajstić information content (AvgIpc) is 2.91. The van der Waals surface area contributed by atoms with Crippen molar-refractivity contribution in [3.63, 3.8) is 0 Å². The standard InChI is InChI=1S/C21H20N2O3S2/c1-3-26-17-9-7-15(8-10-17)12-18-20(25)23(21(27)28-18)13-19(24)22-16-6-4-5-14(2)11-16/h4-12H,3,13H2,1-2H3,(H,22,24)/b18-12+. The molecule has 1 aliphatic rings. The minimum absolute atomic E-state index is 0.112. The van der Waals surface area contributed by atoms with Gasteiger partial charge in [0.05, 0.1) is 11.5 Å². The highest BCUT2D eigenvalue weighted by molar-refractivity contribution is 8.26. The summed E-state index contributed by atoms with van der Waals surface area (Å²) in [5.41, 5.74) is 2.61. The maximum absolute atomic E-state index is 12.7. The average molecular weight is 413 g/mol. The zero-order valence-corrected chi connectivity index (χ0v) is 17.2. The molecular formula is C21H20N2O3S2. The number of carbonyl (C=O) groups excluding carboxylic acids is 2. The van der Waals surface area contributed by atoms with Crippen LogP contribution in [-0.4, -0.2) is 34.2 Å². The summed E-state index contributed by atoms with van der Waals surface area (Å²) < 4.78 is 5.80. The van der Waals surface area contributed by atoms with Gasteiger partial charge in [-0.05, 0) is 55.3 Å². The van der Waals surface area contributed by atoms with E-state index in [-0.39, 0.29) is 18.4 Å². The number of thiocarbonyl (C=S) groups is 1. The van der Waals surface area contributed by atoms with Gasteiger partial charge in [-0.15, -0.1) is 0 Å². The number of nitrogens with zero attached hydrogens (tertiary/aromatic N) is 1. The van der Waals surface area contributed by atoms with E-state index in [4.69, 9.17) is 17.0 Å². The SMILES string of the molecule is CCOc1ccc(/C=C2/SC(=S)N(CC(=O)Nc3cccc(C)c3)C2=O)cc1. The molecule has 144 valence electrons. The topological polar surface area (TPSA) is 58.6 Å². The Morgan fingerprint density at radius 1 is 1.25 bits per heavy atom. The Bertz CT molecular complexity index is 939. The van der Waals surface area contributed by atoms with Crippen molar-refractivity contribution in [2.45, 2.75) is 13.8 Å².